The molecule has 53 heavy (non-hydrogen) atoms. The van der Waals surface area contributed by atoms with E-state index in [1.165, 1.54) is 0 Å². The molecule has 0 radical (unpaired) electrons. The first-order chi connectivity index (χ1) is 24.7. The maximum absolute atomic E-state index is 11.2. The first kappa shape index (κ1) is 63.6. The summed E-state index contributed by atoms with van der Waals surface area (Å²) in [5.41, 5.74) is 0.886. The smallest absolute Gasteiger partial charge is 0.338 e. The van der Waals surface area contributed by atoms with Gasteiger partial charge in [-0.05, 0) is 43.3 Å². The third-order valence-electron chi connectivity index (χ3n) is 4.60. The van der Waals surface area contributed by atoms with E-state index in [1.54, 1.807) is 73.7 Å². The molecule has 0 fully saturated rings. The molecule has 3 aromatic carbocycles. The zero-order valence-electron chi connectivity index (χ0n) is 32.7. The number of carbonyl (C=O) groups is 4. The van der Waals surface area contributed by atoms with Crippen molar-refractivity contribution in [2.75, 3.05) is 6.61 Å². The molecule has 0 saturated carbocycles. The van der Waals surface area contributed by atoms with Gasteiger partial charge in [-0.2, -0.15) is 0 Å². The number of carbonyl (C=O) groups excluding carboxylic acids is 2. The molecule has 0 saturated heterocycles. The molecule has 0 unspecified atom stereocenters. The van der Waals surface area contributed by atoms with Gasteiger partial charge in [0.2, 0.25) is 0 Å². The van der Waals surface area contributed by atoms with E-state index in [9.17, 15) is 19.2 Å². The number of carboxylic acids is 2. The van der Waals surface area contributed by atoms with E-state index in [0.29, 0.717) is 42.6 Å². The van der Waals surface area contributed by atoms with Crippen LogP contribution in [0.3, 0.4) is 0 Å². The summed E-state index contributed by atoms with van der Waals surface area (Å²) in [4.78, 5) is 42.3. The second kappa shape index (κ2) is 54.4. The monoisotopic (exact) mass is 1070 g/mol. The Morgan fingerprint density at radius 3 is 1.36 bits per heavy atom. The topological polar surface area (TPSA) is 127 Å². The molecule has 0 spiro atoms. The molecule has 0 bridgehead atoms. The van der Waals surface area contributed by atoms with Crippen LogP contribution in [0, 0.1) is 36.5 Å². The van der Waals surface area contributed by atoms with Crippen LogP contribution in [0.15, 0.2) is 91.0 Å². The molecule has 0 aromatic heterocycles. The minimum Gasteiger partial charge on any atom is -0.481 e. The van der Waals surface area contributed by atoms with Crippen molar-refractivity contribution < 1.29 is 81.0 Å². The Balaban J connectivity index is -0.000000101. The van der Waals surface area contributed by atoms with Gasteiger partial charge in [0.05, 0.1) is 24.0 Å². The van der Waals surface area contributed by atoms with Crippen LogP contribution < -0.4 is 4.74 Å². The summed E-state index contributed by atoms with van der Waals surface area (Å²) < 4.78 is 9.94. The zero-order chi connectivity index (χ0) is 40.1. The van der Waals surface area contributed by atoms with E-state index in [1.807, 2.05) is 79.7 Å². The normalized spacial score (nSPS) is 7.38. The van der Waals surface area contributed by atoms with Gasteiger partial charge in [0.25, 0.3) is 0 Å². The molecule has 290 valence electrons. The van der Waals surface area contributed by atoms with Crippen molar-refractivity contribution in [3.05, 3.63) is 102 Å². The molecule has 10 heteroatoms. The molecule has 0 amide bonds. The molecule has 3 aromatic rings. The van der Waals surface area contributed by atoms with Crippen LogP contribution >= 0.6 is 0 Å². The Morgan fingerprint density at radius 1 is 0.604 bits per heavy atom. The summed E-state index contributed by atoms with van der Waals surface area (Å²) in [6.45, 7) is 18.0. The van der Waals surface area contributed by atoms with Crippen LogP contribution in [-0.2, 0) is 56.5 Å². The van der Waals surface area contributed by atoms with Gasteiger partial charge in [-0.3, -0.25) is 9.59 Å². The van der Waals surface area contributed by atoms with Gasteiger partial charge >= 0.3 is 23.9 Å². The second-order valence-electron chi connectivity index (χ2n) is 7.94. The average Bonchev–Trinajstić information content (AvgIpc) is 3.19. The minimum atomic E-state index is -0.879. The van der Waals surface area contributed by atoms with Crippen LogP contribution in [0.2, 0.25) is 0 Å². The van der Waals surface area contributed by atoms with Crippen LogP contribution in [0.4, 0.5) is 0 Å². The van der Waals surface area contributed by atoms with Crippen molar-refractivity contribution in [3.8, 4) is 42.3 Å². The summed E-state index contributed by atoms with van der Waals surface area (Å²) in [5.74, 6) is 8.47. The first-order valence-corrected chi connectivity index (χ1v) is 17.0. The maximum atomic E-state index is 11.2. The van der Waals surface area contributed by atoms with Crippen molar-refractivity contribution in [3.63, 3.8) is 0 Å². The van der Waals surface area contributed by atoms with E-state index >= 15 is 0 Å². The summed E-state index contributed by atoms with van der Waals surface area (Å²) in [5, 5.41) is 16.3. The maximum Gasteiger partial charge on any atom is 0.338 e. The van der Waals surface area contributed by atoms with Crippen LogP contribution in [-0.4, -0.2) is 40.7 Å². The molecule has 8 nitrogen and oxygen atoms in total. The Labute approximate surface area is 348 Å². The van der Waals surface area contributed by atoms with E-state index in [2.05, 4.69) is 23.7 Å². The quantitative estimate of drug-likeness (QED) is 0.0939. The van der Waals surface area contributed by atoms with Crippen molar-refractivity contribution in [2.45, 2.75) is 94.4 Å². The van der Waals surface area contributed by atoms with Crippen molar-refractivity contribution >= 4 is 23.9 Å². The number of para-hydroxylation sites is 1. The van der Waals surface area contributed by atoms with Gasteiger partial charge in [-0.15, -0.1) is 36.5 Å². The molecule has 3 rings (SSSR count). The van der Waals surface area contributed by atoms with E-state index in [4.69, 9.17) is 32.5 Å². The number of carboxylic acid groups (broad SMARTS) is 2. The molecule has 0 aliphatic carbocycles. The molecular weight excluding hydrogens is 1010 g/mol. The van der Waals surface area contributed by atoms with Crippen LogP contribution in [0.1, 0.15) is 115 Å². The third-order valence-corrected chi connectivity index (χ3v) is 4.60. The fraction of sp³-hybridized carbons (Fsp3) is 0.349. The Morgan fingerprint density at radius 2 is 1.02 bits per heavy atom. The van der Waals surface area contributed by atoms with Crippen LogP contribution in [0.25, 0.3) is 0 Å². The van der Waals surface area contributed by atoms with Gasteiger partial charge < -0.3 is 19.7 Å². The van der Waals surface area contributed by atoms with Crippen molar-refractivity contribution in [1.82, 2.24) is 0 Å². The number of hydrogen-bond donors (Lipinski definition) is 2. The van der Waals surface area contributed by atoms with Crippen molar-refractivity contribution in [2.24, 2.45) is 0 Å². The standard InChI is InChI=1S/C12H12O2.C11H10O2.C7H6O2.C5H6O2.4C2H6.2W/c1-2-3-5-10-12(13)14-11-8-6-4-7-9-11;1-2-3-9-13-11(12)10-7-5-4-6-8-10;8-7(9)6-4-2-1-3-5-6;1-2-3-4-5(6)7;4*1-2;;/h4,6-9H,5,10H2,1H3;1,4-8H,3,9H2;1-5H,(H,8,9);1H,3-4H2,(H,6,7);4*1-2H3;;. The van der Waals surface area contributed by atoms with E-state index in [-0.39, 0.29) is 67.1 Å². The number of aromatic carboxylic acids is 1. The van der Waals surface area contributed by atoms with Crippen molar-refractivity contribution in [1.29, 1.82) is 0 Å². The van der Waals surface area contributed by atoms with Gasteiger partial charge in [-0.25, -0.2) is 9.59 Å². The molecular formula is C43H58O8W2. The number of rotatable bonds is 9. The molecule has 2 N–H and O–H groups in total. The Bertz CT molecular complexity index is 1390. The molecule has 0 atom stereocenters. The largest absolute Gasteiger partial charge is 0.481 e. The SMILES string of the molecule is C#CCCC(=O)O.C#CCCOC(=O)c1ccccc1.CC.CC.CC.CC.CC#CCCC(=O)Oc1ccccc1.O=C(O)c1ccccc1.[W].[W]. The number of benzene rings is 3. The number of ether oxygens (including phenoxy) is 2. The van der Waals surface area contributed by atoms with E-state index in [0.717, 1.165) is 0 Å². The summed E-state index contributed by atoms with van der Waals surface area (Å²) in [6, 6.07) is 26.2. The summed E-state index contributed by atoms with van der Waals surface area (Å²) >= 11 is 0. The van der Waals surface area contributed by atoms with Gasteiger partial charge in [-0.1, -0.05) is 110 Å². The molecule has 0 aliphatic rings. The fourth-order valence-corrected chi connectivity index (χ4v) is 2.58. The average molecular weight is 1070 g/mol. The Kier molecular flexibility index (Phi) is 65.3. The number of esters is 2. The zero-order valence-corrected chi connectivity index (χ0v) is 38.6. The van der Waals surface area contributed by atoms with Gasteiger partial charge in [0.1, 0.15) is 12.4 Å². The predicted octanol–water partition coefficient (Wildman–Crippen LogP) is 10.2. The predicted molar refractivity (Wildman–Crippen MR) is 209 cm³/mol. The van der Waals surface area contributed by atoms with Gasteiger partial charge in [0.15, 0.2) is 0 Å². The number of terminal acetylenes is 2. The third kappa shape index (κ3) is 47.6. The fourth-order valence-electron chi connectivity index (χ4n) is 2.58. The second-order valence-corrected chi connectivity index (χ2v) is 7.94. The number of aliphatic carboxylic acids is 1. The number of hydrogen-bond acceptors (Lipinski definition) is 6. The summed E-state index contributed by atoms with van der Waals surface area (Å²) in [7, 11) is 0. The first-order valence-electron chi connectivity index (χ1n) is 17.0. The molecule has 0 heterocycles. The van der Waals surface area contributed by atoms with E-state index < -0.39 is 11.9 Å². The molecule has 0 aliphatic heterocycles. The van der Waals surface area contributed by atoms with Gasteiger partial charge in [0, 0.05) is 61.4 Å². The van der Waals surface area contributed by atoms with Crippen LogP contribution in [0.5, 0.6) is 5.75 Å². The summed E-state index contributed by atoms with van der Waals surface area (Å²) in [6.07, 6.45) is 11.5. The minimum absolute atomic E-state index is 0. The Hall–Kier alpha value is -4.40.